The standard InChI is InChI=1S/C21H23FN2O4S/c1-2-28-21(26)15-9-24(12-5-6-12)18-14(20(15)25)8-17(22)19-16(18)11-29(27)10-13-4-3-7-23(13)19/h8-9,12-13H,2-7,10-11H2,1H3. The summed E-state index contributed by atoms with van der Waals surface area (Å²) in [5.41, 5.74) is 1.16. The number of fused-ring (bicyclic) bond motifs is 5. The summed E-state index contributed by atoms with van der Waals surface area (Å²) in [6.45, 7) is 2.57. The highest BCUT2D eigenvalue weighted by molar-refractivity contribution is 7.90. The Morgan fingerprint density at radius 1 is 1.34 bits per heavy atom. The van der Waals surface area contributed by atoms with E-state index in [4.69, 9.17) is 4.74 Å². The van der Waals surface area contributed by atoms with Crippen molar-refractivity contribution >= 4 is 33.7 Å². The predicted molar refractivity (Wildman–Crippen MR) is 109 cm³/mol. The number of aromatic nitrogens is 1. The summed E-state index contributed by atoms with van der Waals surface area (Å²) in [5.74, 6) is -0.419. The van der Waals surface area contributed by atoms with Gasteiger partial charge in [-0.2, -0.15) is 0 Å². The van der Waals surface area contributed by atoms with Crippen LogP contribution in [0.3, 0.4) is 0 Å². The number of carbonyl (C=O) groups is 1. The van der Waals surface area contributed by atoms with E-state index >= 15 is 4.39 Å². The highest BCUT2D eigenvalue weighted by Crippen LogP contribution is 2.43. The van der Waals surface area contributed by atoms with Crippen LogP contribution in [-0.4, -0.2) is 40.0 Å². The third-order valence-electron chi connectivity index (χ3n) is 6.12. The van der Waals surface area contributed by atoms with Crippen molar-refractivity contribution in [3.05, 3.63) is 39.4 Å². The normalized spacial score (nSPS) is 23.6. The lowest BCUT2D eigenvalue weighted by Crippen LogP contribution is -2.34. The van der Waals surface area contributed by atoms with E-state index in [1.165, 1.54) is 6.07 Å². The second kappa shape index (κ2) is 7.02. The summed E-state index contributed by atoms with van der Waals surface area (Å²) in [7, 11) is 0. The molecule has 8 heteroatoms. The minimum absolute atomic E-state index is 0.0700. The highest BCUT2D eigenvalue weighted by Gasteiger charge is 2.39. The molecule has 0 radical (unpaired) electrons. The number of ether oxygens (including phenoxy) is 1. The number of halogens is 1. The molecule has 0 amide bonds. The van der Waals surface area contributed by atoms with Crippen molar-refractivity contribution in [2.75, 3.05) is 23.8 Å². The minimum atomic E-state index is -1.13. The number of hydrogen-bond donors (Lipinski definition) is 0. The molecule has 29 heavy (non-hydrogen) atoms. The van der Waals surface area contributed by atoms with Crippen LogP contribution in [0.5, 0.6) is 0 Å². The van der Waals surface area contributed by atoms with Crippen molar-refractivity contribution in [1.82, 2.24) is 4.57 Å². The molecular formula is C21H23FN2O4S. The van der Waals surface area contributed by atoms with E-state index < -0.39 is 28.4 Å². The third kappa shape index (κ3) is 3.04. The first kappa shape index (κ1) is 18.9. The first-order valence-electron chi connectivity index (χ1n) is 10.2. The van der Waals surface area contributed by atoms with Crippen molar-refractivity contribution in [3.63, 3.8) is 0 Å². The van der Waals surface area contributed by atoms with E-state index in [0.29, 0.717) is 22.5 Å². The van der Waals surface area contributed by atoms with Gasteiger partial charge < -0.3 is 18.8 Å². The fraction of sp³-hybridized carbons (Fsp3) is 0.524. The highest BCUT2D eigenvalue weighted by atomic mass is 32.2. The predicted octanol–water partition coefficient (Wildman–Crippen LogP) is 2.88. The van der Waals surface area contributed by atoms with Gasteiger partial charge in [-0.1, -0.05) is 0 Å². The summed E-state index contributed by atoms with van der Waals surface area (Å²) >= 11 is -1.13. The van der Waals surface area contributed by atoms with Crippen molar-refractivity contribution in [1.29, 1.82) is 0 Å². The zero-order chi connectivity index (χ0) is 20.3. The van der Waals surface area contributed by atoms with Gasteiger partial charge in [0.2, 0.25) is 5.43 Å². The summed E-state index contributed by atoms with van der Waals surface area (Å²) in [6.07, 6.45) is 5.27. The molecule has 3 heterocycles. The molecule has 1 aromatic heterocycles. The molecule has 2 atom stereocenters. The van der Waals surface area contributed by atoms with Gasteiger partial charge in [0.15, 0.2) is 0 Å². The Hall–Kier alpha value is -2.06. The first-order valence-corrected chi connectivity index (χ1v) is 11.7. The molecule has 1 aromatic carbocycles. The van der Waals surface area contributed by atoms with Gasteiger partial charge >= 0.3 is 5.97 Å². The number of carbonyl (C=O) groups excluding carboxylic acids is 1. The second-order valence-corrected chi connectivity index (χ2v) is 9.55. The van der Waals surface area contributed by atoms with Gasteiger partial charge in [-0.15, -0.1) is 0 Å². The molecule has 5 rings (SSSR count). The lowest BCUT2D eigenvalue weighted by molar-refractivity contribution is 0.0524. The molecule has 1 saturated heterocycles. The Kier molecular flexibility index (Phi) is 4.58. The van der Waals surface area contributed by atoms with Gasteiger partial charge in [-0.25, -0.2) is 9.18 Å². The fourth-order valence-electron chi connectivity index (χ4n) is 4.74. The number of benzene rings is 1. The maximum absolute atomic E-state index is 15.4. The molecule has 6 nitrogen and oxygen atoms in total. The van der Waals surface area contributed by atoms with Gasteiger partial charge in [0, 0.05) is 18.8 Å². The number of rotatable bonds is 3. The van der Waals surface area contributed by atoms with Gasteiger partial charge in [-0.3, -0.25) is 4.79 Å². The van der Waals surface area contributed by atoms with Crippen molar-refractivity contribution in [2.24, 2.45) is 0 Å². The quantitative estimate of drug-likeness (QED) is 0.566. The molecule has 0 spiro atoms. The molecule has 2 aliphatic heterocycles. The zero-order valence-electron chi connectivity index (χ0n) is 16.3. The van der Waals surface area contributed by atoms with E-state index in [-0.39, 0.29) is 35.4 Å². The number of anilines is 1. The Balaban J connectivity index is 1.82. The van der Waals surface area contributed by atoms with Crippen LogP contribution < -0.4 is 10.3 Å². The van der Waals surface area contributed by atoms with Crippen LogP contribution in [0.1, 0.15) is 54.6 Å². The fourth-order valence-corrected chi connectivity index (χ4v) is 6.23. The maximum atomic E-state index is 15.4. The average molecular weight is 418 g/mol. The van der Waals surface area contributed by atoms with E-state index in [0.717, 1.165) is 32.2 Å². The Morgan fingerprint density at radius 2 is 2.14 bits per heavy atom. The van der Waals surface area contributed by atoms with Crippen LogP contribution in [0.4, 0.5) is 10.1 Å². The van der Waals surface area contributed by atoms with Crippen molar-refractivity contribution < 1.29 is 18.5 Å². The summed E-state index contributed by atoms with van der Waals surface area (Å²) < 4.78 is 35.1. The largest absolute Gasteiger partial charge is 0.616 e. The molecule has 2 unspecified atom stereocenters. The van der Waals surface area contributed by atoms with Crippen LogP contribution in [0, 0.1) is 5.82 Å². The van der Waals surface area contributed by atoms with Gasteiger partial charge in [0.05, 0.1) is 34.8 Å². The Bertz CT molecular complexity index is 1070. The molecular weight excluding hydrogens is 395 g/mol. The second-order valence-electron chi connectivity index (χ2n) is 8.05. The Morgan fingerprint density at radius 3 is 2.86 bits per heavy atom. The van der Waals surface area contributed by atoms with Gasteiger partial charge in [-0.05, 0) is 49.8 Å². The van der Waals surface area contributed by atoms with E-state index in [9.17, 15) is 14.1 Å². The van der Waals surface area contributed by atoms with E-state index in [1.54, 1.807) is 13.1 Å². The van der Waals surface area contributed by atoms with Crippen LogP contribution in [0.2, 0.25) is 0 Å². The average Bonchev–Trinajstić information content (AvgIpc) is 3.45. The minimum Gasteiger partial charge on any atom is -0.616 e. The number of hydrogen-bond acceptors (Lipinski definition) is 5. The van der Waals surface area contributed by atoms with Crippen LogP contribution in [0.25, 0.3) is 10.9 Å². The smallest absolute Gasteiger partial charge is 0.343 e. The van der Waals surface area contributed by atoms with Crippen molar-refractivity contribution in [3.8, 4) is 0 Å². The Labute approximate surface area is 170 Å². The van der Waals surface area contributed by atoms with E-state index in [2.05, 4.69) is 0 Å². The maximum Gasteiger partial charge on any atom is 0.343 e. The lowest BCUT2D eigenvalue weighted by atomic mass is 10.0. The number of nitrogens with zero attached hydrogens (tertiary/aromatic N) is 2. The third-order valence-corrected chi connectivity index (χ3v) is 7.49. The molecule has 1 aliphatic carbocycles. The summed E-state index contributed by atoms with van der Waals surface area (Å²) in [5, 5.41) is 0.174. The molecule has 2 aromatic rings. The van der Waals surface area contributed by atoms with E-state index in [1.807, 2.05) is 9.47 Å². The summed E-state index contributed by atoms with van der Waals surface area (Å²) in [6, 6.07) is 1.50. The SMILES string of the molecule is CCOC(=O)c1cn(C2CC2)c2c3c(c(F)cc2c1=O)N1CCCC1C[S+]([O-])C3. The van der Waals surface area contributed by atoms with Crippen molar-refractivity contribution in [2.45, 2.75) is 50.4 Å². The molecule has 2 fully saturated rings. The molecule has 1 saturated carbocycles. The number of esters is 1. The lowest BCUT2D eigenvalue weighted by Gasteiger charge is -2.26. The van der Waals surface area contributed by atoms with Crippen LogP contribution in [0.15, 0.2) is 17.1 Å². The summed E-state index contributed by atoms with van der Waals surface area (Å²) in [4.78, 5) is 27.5. The van der Waals surface area contributed by atoms with Crippen LogP contribution in [-0.2, 0) is 21.7 Å². The first-order chi connectivity index (χ1) is 14.0. The zero-order valence-corrected chi connectivity index (χ0v) is 17.1. The topological polar surface area (TPSA) is 74.6 Å². The monoisotopic (exact) mass is 418 g/mol. The molecule has 0 bridgehead atoms. The molecule has 3 aliphatic rings. The number of pyridine rings is 1. The van der Waals surface area contributed by atoms with Crippen LogP contribution >= 0.6 is 0 Å². The van der Waals surface area contributed by atoms with Gasteiger partial charge in [0.25, 0.3) is 0 Å². The molecule has 0 N–H and O–H groups in total. The molecule has 154 valence electrons. The van der Waals surface area contributed by atoms with Gasteiger partial charge in [0.1, 0.15) is 22.9 Å².